The Morgan fingerprint density at radius 3 is 2.60 bits per heavy atom. The summed E-state index contributed by atoms with van der Waals surface area (Å²) >= 11 is 5.61. The van der Waals surface area contributed by atoms with E-state index in [2.05, 4.69) is 0 Å². The van der Waals surface area contributed by atoms with E-state index in [1.807, 2.05) is 17.0 Å². The molecule has 0 bridgehead atoms. The third-order valence-corrected chi connectivity index (χ3v) is 5.73. The predicted octanol–water partition coefficient (Wildman–Crippen LogP) is 1.74. The highest BCUT2D eigenvalue weighted by atomic mass is 32.1. The van der Waals surface area contributed by atoms with Gasteiger partial charge in [0.25, 0.3) is 5.91 Å². The summed E-state index contributed by atoms with van der Waals surface area (Å²) in [6.45, 7) is 1.96. The zero-order chi connectivity index (χ0) is 17.6. The van der Waals surface area contributed by atoms with E-state index in [-0.39, 0.29) is 18.1 Å². The van der Waals surface area contributed by atoms with Crippen LogP contribution in [0.4, 0.5) is 0 Å². The molecule has 3 aliphatic rings. The Balaban J connectivity index is 1.59. The fourth-order valence-electron chi connectivity index (χ4n) is 3.92. The van der Waals surface area contributed by atoms with Crippen LogP contribution in [0.2, 0.25) is 0 Å². The van der Waals surface area contributed by atoms with Crippen LogP contribution in [-0.2, 0) is 22.5 Å². The highest BCUT2D eigenvalue weighted by Gasteiger charge is 2.45. The molecular formula is C18H22N2O4S. The number of fused-ring (bicyclic) bond motifs is 2. The molecule has 0 aromatic heterocycles. The maximum absolute atomic E-state index is 12.9. The average molecular weight is 362 g/mol. The fourth-order valence-corrected chi connectivity index (χ4v) is 4.28. The smallest absolute Gasteiger partial charge is 0.251 e. The van der Waals surface area contributed by atoms with Gasteiger partial charge in [-0.25, -0.2) is 0 Å². The second-order valence-electron chi connectivity index (χ2n) is 6.69. The number of nitrogens with zero attached hydrogens (tertiary/aromatic N) is 2. The van der Waals surface area contributed by atoms with Gasteiger partial charge in [-0.1, -0.05) is 0 Å². The van der Waals surface area contributed by atoms with E-state index in [0.717, 1.165) is 30.6 Å². The third kappa shape index (κ3) is 2.75. The summed E-state index contributed by atoms with van der Waals surface area (Å²) in [5.74, 6) is 1.48. The molecule has 3 aliphatic heterocycles. The molecule has 0 N–H and O–H groups in total. The lowest BCUT2D eigenvalue weighted by atomic mass is 9.94. The number of methoxy groups -OCH3 is 2. The monoisotopic (exact) mass is 362 g/mol. The Hall–Kier alpha value is -1.86. The molecule has 1 aromatic rings. The lowest BCUT2D eigenvalue weighted by molar-refractivity contribution is -0.129. The summed E-state index contributed by atoms with van der Waals surface area (Å²) in [4.78, 5) is 16.7. The molecule has 25 heavy (non-hydrogen) atoms. The first-order chi connectivity index (χ1) is 12.1. The predicted molar refractivity (Wildman–Crippen MR) is 95.9 cm³/mol. The van der Waals surface area contributed by atoms with E-state index in [0.29, 0.717) is 36.1 Å². The number of hydrogen-bond donors (Lipinski definition) is 0. The number of hydrogen-bond acceptors (Lipinski definition) is 5. The van der Waals surface area contributed by atoms with Crippen LogP contribution in [0.3, 0.4) is 0 Å². The van der Waals surface area contributed by atoms with Gasteiger partial charge in [0.15, 0.2) is 16.6 Å². The third-order valence-electron chi connectivity index (χ3n) is 5.27. The lowest BCUT2D eigenvalue weighted by Gasteiger charge is -2.31. The molecule has 3 heterocycles. The summed E-state index contributed by atoms with van der Waals surface area (Å²) in [7, 11) is 3.25. The van der Waals surface area contributed by atoms with E-state index in [9.17, 15) is 4.79 Å². The van der Waals surface area contributed by atoms with Gasteiger partial charge in [0.1, 0.15) is 6.04 Å². The Morgan fingerprint density at radius 1 is 1.24 bits per heavy atom. The number of carbonyl (C=O) groups is 1. The molecule has 4 rings (SSSR count). The summed E-state index contributed by atoms with van der Waals surface area (Å²) in [5.41, 5.74) is 2.25. The Morgan fingerprint density at radius 2 is 1.96 bits per heavy atom. The van der Waals surface area contributed by atoms with Gasteiger partial charge in [0.05, 0.1) is 26.9 Å². The van der Waals surface area contributed by atoms with Crippen molar-refractivity contribution in [2.75, 3.05) is 27.4 Å². The highest BCUT2D eigenvalue weighted by Crippen LogP contribution is 2.37. The molecule has 6 nitrogen and oxygen atoms in total. The minimum atomic E-state index is -0.223. The Bertz CT molecular complexity index is 666. The van der Waals surface area contributed by atoms with Crippen molar-refractivity contribution >= 4 is 23.2 Å². The number of thiocarbonyl (C=S) groups is 1. The molecule has 2 saturated heterocycles. The van der Waals surface area contributed by atoms with Gasteiger partial charge in [-0.2, -0.15) is 0 Å². The Labute approximate surface area is 152 Å². The fraction of sp³-hybridized carbons (Fsp3) is 0.556. The largest absolute Gasteiger partial charge is 0.493 e. The van der Waals surface area contributed by atoms with Gasteiger partial charge in [-0.3, -0.25) is 9.69 Å². The van der Waals surface area contributed by atoms with Crippen molar-refractivity contribution in [2.45, 2.75) is 38.0 Å². The molecule has 0 unspecified atom stereocenters. The summed E-state index contributed by atoms with van der Waals surface area (Å²) < 4.78 is 16.5. The van der Waals surface area contributed by atoms with Crippen LogP contribution in [0, 0.1) is 0 Å². The molecule has 1 amide bonds. The number of carbonyl (C=O) groups excluding carboxylic acids is 1. The van der Waals surface area contributed by atoms with Crippen LogP contribution < -0.4 is 9.47 Å². The molecule has 0 saturated carbocycles. The van der Waals surface area contributed by atoms with Crippen LogP contribution in [0.5, 0.6) is 11.5 Å². The molecule has 0 radical (unpaired) electrons. The van der Waals surface area contributed by atoms with Gasteiger partial charge in [0.2, 0.25) is 0 Å². The first kappa shape index (κ1) is 16.6. The zero-order valence-electron chi connectivity index (χ0n) is 14.5. The van der Waals surface area contributed by atoms with Crippen molar-refractivity contribution < 1.29 is 19.0 Å². The zero-order valence-corrected chi connectivity index (χ0v) is 15.3. The van der Waals surface area contributed by atoms with E-state index < -0.39 is 0 Å². The molecular weight excluding hydrogens is 340 g/mol. The summed E-state index contributed by atoms with van der Waals surface area (Å²) in [5, 5.41) is 0.617. The van der Waals surface area contributed by atoms with E-state index in [4.69, 9.17) is 26.4 Å². The van der Waals surface area contributed by atoms with Crippen molar-refractivity contribution in [2.24, 2.45) is 0 Å². The van der Waals surface area contributed by atoms with Gasteiger partial charge >= 0.3 is 0 Å². The molecule has 0 spiro atoms. The van der Waals surface area contributed by atoms with Crippen LogP contribution in [-0.4, -0.2) is 60.3 Å². The van der Waals surface area contributed by atoms with E-state index in [1.165, 1.54) is 0 Å². The second-order valence-corrected chi connectivity index (χ2v) is 7.06. The minimum Gasteiger partial charge on any atom is -0.493 e. The number of ether oxygens (including phenoxy) is 3. The van der Waals surface area contributed by atoms with Crippen molar-refractivity contribution in [1.82, 2.24) is 9.80 Å². The van der Waals surface area contributed by atoms with Crippen LogP contribution in [0.15, 0.2) is 12.1 Å². The molecule has 7 heteroatoms. The van der Waals surface area contributed by atoms with Crippen molar-refractivity contribution in [1.29, 1.82) is 0 Å². The topological polar surface area (TPSA) is 51.2 Å². The van der Waals surface area contributed by atoms with Crippen molar-refractivity contribution in [3.63, 3.8) is 0 Å². The van der Waals surface area contributed by atoms with Gasteiger partial charge in [-0.15, -0.1) is 0 Å². The van der Waals surface area contributed by atoms with Crippen molar-refractivity contribution in [3.8, 4) is 11.5 Å². The SMILES string of the molecule is COc1cc2c(cc1OC)CN1C(=S)N(C[C@@H]3CCCO3)C(=O)[C@H]1C2. The van der Waals surface area contributed by atoms with Crippen molar-refractivity contribution in [3.05, 3.63) is 23.3 Å². The first-order valence-corrected chi connectivity index (χ1v) is 9.00. The summed E-state index contributed by atoms with van der Waals surface area (Å²) in [6.07, 6.45) is 2.78. The maximum Gasteiger partial charge on any atom is 0.251 e. The quantitative estimate of drug-likeness (QED) is 0.761. The standard InChI is InChI=1S/C18H22N2O4S/c1-22-15-7-11-6-14-17(21)20(10-13-4-3-5-24-13)18(25)19(14)9-12(11)8-16(15)23-2/h7-8,13-14H,3-6,9-10H2,1-2H3/t13-,14+/m0/s1. The van der Waals surface area contributed by atoms with Crippen LogP contribution in [0.1, 0.15) is 24.0 Å². The molecule has 1 aromatic carbocycles. The number of rotatable bonds is 4. The van der Waals surface area contributed by atoms with E-state index in [1.54, 1.807) is 19.1 Å². The average Bonchev–Trinajstić information content (AvgIpc) is 3.22. The van der Waals surface area contributed by atoms with Gasteiger partial charge in [-0.05, 0) is 48.3 Å². The lowest BCUT2D eigenvalue weighted by Crippen LogP contribution is -2.40. The second kappa shape index (κ2) is 6.46. The van der Waals surface area contributed by atoms with Gasteiger partial charge < -0.3 is 19.1 Å². The van der Waals surface area contributed by atoms with Crippen LogP contribution >= 0.6 is 12.2 Å². The van der Waals surface area contributed by atoms with Gasteiger partial charge in [0, 0.05) is 19.6 Å². The Kier molecular flexibility index (Phi) is 4.29. The normalized spacial score (nSPS) is 25.2. The molecule has 134 valence electrons. The van der Waals surface area contributed by atoms with Crippen LogP contribution in [0.25, 0.3) is 0 Å². The van der Waals surface area contributed by atoms with E-state index >= 15 is 0 Å². The molecule has 2 atom stereocenters. The maximum atomic E-state index is 12.9. The first-order valence-electron chi connectivity index (χ1n) is 8.59. The molecule has 2 fully saturated rings. The number of benzene rings is 1. The summed E-state index contributed by atoms with van der Waals surface area (Å²) in [6, 6.07) is 3.74. The molecule has 0 aliphatic carbocycles. The number of amides is 1. The highest BCUT2D eigenvalue weighted by molar-refractivity contribution is 7.80. The minimum absolute atomic E-state index is 0.0842.